The number of carbonyl (C=O) groups excluding carboxylic acids is 1. The summed E-state index contributed by atoms with van der Waals surface area (Å²) in [6, 6.07) is 11.2. The van der Waals surface area contributed by atoms with Crippen LogP contribution in [0.25, 0.3) is 0 Å². The van der Waals surface area contributed by atoms with E-state index in [9.17, 15) is 13.2 Å². The molecule has 2 atom stereocenters. The topological polar surface area (TPSA) is 111 Å². The Bertz CT molecular complexity index is 1280. The predicted octanol–water partition coefficient (Wildman–Crippen LogP) is 2.55. The molecule has 5 rings (SSSR count). The summed E-state index contributed by atoms with van der Waals surface area (Å²) in [5.41, 5.74) is 2.66. The van der Waals surface area contributed by atoms with Crippen LogP contribution >= 0.6 is 0 Å². The molecular weight excluding hydrogens is 538 g/mol. The molecule has 0 spiro atoms. The lowest BCUT2D eigenvalue weighted by atomic mass is 9.85. The summed E-state index contributed by atoms with van der Waals surface area (Å²) in [4.78, 5) is 26.8. The Morgan fingerprint density at radius 3 is 2.44 bits per heavy atom. The smallest absolute Gasteiger partial charge is 0.272 e. The van der Waals surface area contributed by atoms with Crippen molar-refractivity contribution in [1.29, 1.82) is 0 Å². The van der Waals surface area contributed by atoms with Crippen molar-refractivity contribution < 1.29 is 13.2 Å². The minimum Gasteiger partial charge on any atom is -0.369 e. The number of piperidine rings is 3. The summed E-state index contributed by atoms with van der Waals surface area (Å²) in [7, 11) is -1.48. The summed E-state index contributed by atoms with van der Waals surface area (Å²) in [6.07, 6.45) is 7.43. The van der Waals surface area contributed by atoms with Gasteiger partial charge in [-0.05, 0) is 76.1 Å². The second-order valence-electron chi connectivity index (χ2n) is 12.0. The molecule has 1 aromatic heterocycles. The number of nitrogens with one attached hydrogen (secondary N) is 2. The van der Waals surface area contributed by atoms with Crippen LogP contribution < -0.4 is 10.6 Å². The average Bonchev–Trinajstić information content (AvgIpc) is 3.00. The van der Waals surface area contributed by atoms with Crippen LogP contribution in [0.2, 0.25) is 0 Å². The summed E-state index contributed by atoms with van der Waals surface area (Å²) in [5, 5.41) is 7.10. The van der Waals surface area contributed by atoms with Crippen molar-refractivity contribution in [3.8, 4) is 0 Å². The second-order valence-corrected chi connectivity index (χ2v) is 14.1. The minimum absolute atomic E-state index is 0.0247. The van der Waals surface area contributed by atoms with Crippen LogP contribution in [0.5, 0.6) is 0 Å². The molecule has 2 aromatic rings. The second kappa shape index (κ2) is 13.1. The molecule has 1 amide bonds. The molecule has 41 heavy (non-hydrogen) atoms. The highest BCUT2D eigenvalue weighted by molar-refractivity contribution is 7.88. The zero-order valence-electron chi connectivity index (χ0n) is 24.6. The van der Waals surface area contributed by atoms with Crippen LogP contribution in [0, 0.1) is 12.8 Å². The highest BCUT2D eigenvalue weighted by Crippen LogP contribution is 2.28. The molecule has 0 bridgehead atoms. The molecule has 4 heterocycles. The molecule has 11 heteroatoms. The van der Waals surface area contributed by atoms with E-state index in [-0.39, 0.29) is 11.9 Å². The maximum Gasteiger partial charge on any atom is 0.272 e. The molecule has 3 aliphatic heterocycles. The Balaban J connectivity index is 1.11. The molecule has 3 fully saturated rings. The van der Waals surface area contributed by atoms with Gasteiger partial charge in [-0.1, -0.05) is 30.3 Å². The number of carbonyl (C=O) groups is 1. The van der Waals surface area contributed by atoms with E-state index >= 15 is 0 Å². The molecule has 0 aliphatic carbocycles. The van der Waals surface area contributed by atoms with Crippen LogP contribution in [0.4, 0.5) is 5.82 Å². The number of benzene rings is 1. The van der Waals surface area contributed by atoms with E-state index in [0.717, 1.165) is 76.2 Å². The third-order valence-electron chi connectivity index (χ3n) is 9.36. The molecule has 10 nitrogen and oxygen atoms in total. The molecule has 2 N–H and O–H groups in total. The van der Waals surface area contributed by atoms with E-state index in [1.807, 2.05) is 11.8 Å². The highest BCUT2D eigenvalue weighted by Gasteiger charge is 2.33. The summed E-state index contributed by atoms with van der Waals surface area (Å²) in [6.45, 7) is 7.89. The van der Waals surface area contributed by atoms with E-state index in [4.69, 9.17) is 0 Å². The SMILES string of the molecule is Cc1c(NC[C@@H]2CNC[C@@H](c3ccccc3)C2)ncnc1C(=O)N1CCC(N2CCC(N(C)S(C)(=O)=O)CC2)CC1. The van der Waals surface area contributed by atoms with Crippen LogP contribution in [-0.2, 0) is 10.0 Å². The van der Waals surface area contributed by atoms with Crippen LogP contribution in [0.1, 0.15) is 59.6 Å². The zero-order chi connectivity index (χ0) is 29.0. The maximum absolute atomic E-state index is 13.5. The molecule has 0 radical (unpaired) electrons. The van der Waals surface area contributed by atoms with E-state index in [1.54, 1.807) is 7.05 Å². The first-order valence-electron chi connectivity index (χ1n) is 15.0. The van der Waals surface area contributed by atoms with E-state index in [2.05, 4.69) is 55.8 Å². The first-order chi connectivity index (χ1) is 19.7. The first-order valence-corrected chi connectivity index (χ1v) is 16.8. The quantitative estimate of drug-likeness (QED) is 0.488. The number of amides is 1. The van der Waals surface area contributed by atoms with Gasteiger partial charge < -0.3 is 20.4 Å². The number of aromatic nitrogens is 2. The van der Waals surface area contributed by atoms with Crippen molar-refractivity contribution in [2.45, 2.75) is 57.0 Å². The lowest BCUT2D eigenvalue weighted by Gasteiger charge is -2.43. The Morgan fingerprint density at radius 1 is 1.05 bits per heavy atom. The Kier molecular flexibility index (Phi) is 9.58. The first kappa shape index (κ1) is 29.9. The Hall–Kier alpha value is -2.60. The van der Waals surface area contributed by atoms with Gasteiger partial charge in [0, 0.05) is 50.9 Å². The average molecular weight is 584 g/mol. The van der Waals surface area contributed by atoms with Gasteiger partial charge in [0.05, 0.1) is 6.26 Å². The summed E-state index contributed by atoms with van der Waals surface area (Å²) >= 11 is 0. The zero-order valence-corrected chi connectivity index (χ0v) is 25.4. The molecule has 1 aromatic carbocycles. The number of sulfonamides is 1. The van der Waals surface area contributed by atoms with Gasteiger partial charge in [0.25, 0.3) is 5.91 Å². The molecule has 0 saturated carbocycles. The Morgan fingerprint density at radius 2 is 1.76 bits per heavy atom. The van der Waals surface area contributed by atoms with Crippen LogP contribution in [0.15, 0.2) is 36.7 Å². The Labute approximate surface area is 245 Å². The standard InChI is InChI=1S/C30H45N7O3S/c1-22-28(33-21-34-29(22)32-19-23-17-25(20-31-18-23)24-7-5-4-6-8-24)30(38)37-15-11-27(12-16-37)36-13-9-26(10-14-36)35(2)41(3,39)40/h4-8,21,23,25-27,31H,9-20H2,1-3H3,(H,32,33,34)/t23-,25-/m0/s1. The molecular formula is C30H45N7O3S. The van der Waals surface area contributed by atoms with Crippen molar-refractivity contribution in [2.24, 2.45) is 5.92 Å². The number of anilines is 1. The van der Waals surface area contributed by atoms with Crippen molar-refractivity contribution in [2.75, 3.05) is 64.4 Å². The van der Waals surface area contributed by atoms with Gasteiger partial charge in [-0.2, -0.15) is 0 Å². The third kappa shape index (κ3) is 7.25. The van der Waals surface area contributed by atoms with Gasteiger partial charge in [-0.25, -0.2) is 22.7 Å². The normalized spacial score (nSPS) is 23.6. The highest BCUT2D eigenvalue weighted by atomic mass is 32.2. The van der Waals surface area contributed by atoms with Crippen LogP contribution in [0.3, 0.4) is 0 Å². The molecule has 3 saturated heterocycles. The number of hydrogen-bond acceptors (Lipinski definition) is 8. The molecule has 224 valence electrons. The van der Waals surface area contributed by atoms with Gasteiger partial charge in [0.1, 0.15) is 17.8 Å². The van der Waals surface area contributed by atoms with Crippen molar-refractivity contribution in [3.63, 3.8) is 0 Å². The van der Waals surface area contributed by atoms with Crippen LogP contribution in [-0.4, -0.2) is 110 Å². The van der Waals surface area contributed by atoms with Crippen molar-refractivity contribution in [1.82, 2.24) is 29.4 Å². The largest absolute Gasteiger partial charge is 0.369 e. The fourth-order valence-corrected chi connectivity index (χ4v) is 7.47. The summed E-state index contributed by atoms with van der Waals surface area (Å²) in [5.74, 6) is 1.69. The number of likely N-dealkylation sites (tertiary alicyclic amines) is 2. The minimum atomic E-state index is -3.16. The predicted molar refractivity (Wildman–Crippen MR) is 162 cm³/mol. The third-order valence-corrected chi connectivity index (χ3v) is 10.7. The van der Waals surface area contributed by atoms with Gasteiger partial charge in [0.2, 0.25) is 10.0 Å². The maximum atomic E-state index is 13.5. The van der Waals surface area contributed by atoms with E-state index < -0.39 is 10.0 Å². The fourth-order valence-electron chi connectivity index (χ4n) is 6.72. The monoisotopic (exact) mass is 583 g/mol. The molecule has 3 aliphatic rings. The van der Waals surface area contributed by atoms with Crippen molar-refractivity contribution in [3.05, 3.63) is 53.5 Å². The van der Waals surface area contributed by atoms with Gasteiger partial charge in [-0.3, -0.25) is 4.79 Å². The fraction of sp³-hybridized carbons (Fsp3) is 0.633. The lowest BCUT2D eigenvalue weighted by molar-refractivity contribution is 0.0542. The van der Waals surface area contributed by atoms with Gasteiger partial charge >= 0.3 is 0 Å². The van der Waals surface area contributed by atoms with E-state index in [0.29, 0.717) is 36.7 Å². The number of rotatable bonds is 8. The number of nitrogens with zero attached hydrogens (tertiary/aromatic N) is 5. The van der Waals surface area contributed by atoms with Crippen molar-refractivity contribution >= 4 is 21.7 Å². The lowest BCUT2D eigenvalue weighted by Crippen LogP contribution is -2.52. The van der Waals surface area contributed by atoms with Gasteiger partial charge in [-0.15, -0.1) is 0 Å². The number of hydrogen-bond donors (Lipinski definition) is 2. The van der Waals surface area contributed by atoms with Gasteiger partial charge in [0.15, 0.2) is 0 Å². The summed E-state index contributed by atoms with van der Waals surface area (Å²) < 4.78 is 25.3. The molecule has 0 unspecified atom stereocenters. The van der Waals surface area contributed by atoms with E-state index in [1.165, 1.54) is 22.5 Å².